The van der Waals surface area contributed by atoms with Crippen LogP contribution in [0.15, 0.2) is 0 Å². The van der Waals surface area contributed by atoms with Gasteiger partial charge in [-0.2, -0.15) is 0 Å². The number of hydrogen-bond acceptors (Lipinski definition) is 3. The minimum Gasteiger partial charge on any atom is -0.481 e. The Morgan fingerprint density at radius 2 is 1.95 bits per heavy atom. The standard InChI is InChI=1S/C14H26N2O3/c1-2-6-11(9-15)12(17)16-10-14(13(18)19)7-4-3-5-8-14/h11H,2-10,15H2,1H3,(H,16,17)(H,18,19). The molecule has 1 aliphatic rings. The molecule has 1 fully saturated rings. The molecule has 1 aliphatic carbocycles. The summed E-state index contributed by atoms with van der Waals surface area (Å²) in [5, 5.41) is 12.2. The Hall–Kier alpha value is -1.10. The van der Waals surface area contributed by atoms with Gasteiger partial charge in [0.05, 0.1) is 11.3 Å². The zero-order valence-corrected chi connectivity index (χ0v) is 11.8. The van der Waals surface area contributed by atoms with Crippen molar-refractivity contribution < 1.29 is 14.7 Å². The highest BCUT2D eigenvalue weighted by Gasteiger charge is 2.40. The third-order valence-electron chi connectivity index (χ3n) is 4.16. The van der Waals surface area contributed by atoms with Crippen molar-refractivity contribution in [2.24, 2.45) is 17.1 Å². The number of aliphatic carboxylic acids is 1. The Morgan fingerprint density at radius 3 is 2.42 bits per heavy atom. The number of hydrogen-bond donors (Lipinski definition) is 3. The minimum absolute atomic E-state index is 0.101. The zero-order chi connectivity index (χ0) is 14.3. The highest BCUT2D eigenvalue weighted by molar-refractivity contribution is 5.81. The van der Waals surface area contributed by atoms with E-state index in [0.717, 1.165) is 32.1 Å². The zero-order valence-electron chi connectivity index (χ0n) is 11.8. The van der Waals surface area contributed by atoms with Crippen molar-refractivity contribution >= 4 is 11.9 Å². The number of nitrogens with one attached hydrogen (secondary N) is 1. The average Bonchev–Trinajstić information content (AvgIpc) is 2.43. The first-order valence-electron chi connectivity index (χ1n) is 7.27. The molecule has 0 heterocycles. The molecule has 1 atom stereocenters. The Kier molecular flexibility index (Phi) is 6.28. The first-order valence-corrected chi connectivity index (χ1v) is 7.27. The lowest BCUT2D eigenvalue weighted by molar-refractivity contribution is -0.151. The summed E-state index contributed by atoms with van der Waals surface area (Å²) in [6.07, 6.45) is 5.91. The second-order valence-corrected chi connectivity index (χ2v) is 5.59. The fourth-order valence-corrected chi connectivity index (χ4v) is 2.80. The van der Waals surface area contributed by atoms with E-state index in [1.54, 1.807) is 0 Å². The monoisotopic (exact) mass is 270 g/mol. The van der Waals surface area contributed by atoms with Gasteiger partial charge in [0.15, 0.2) is 0 Å². The van der Waals surface area contributed by atoms with Crippen LogP contribution >= 0.6 is 0 Å². The van der Waals surface area contributed by atoms with Gasteiger partial charge in [-0.3, -0.25) is 9.59 Å². The van der Waals surface area contributed by atoms with Gasteiger partial charge in [0.25, 0.3) is 0 Å². The molecular formula is C14H26N2O3. The van der Waals surface area contributed by atoms with E-state index in [0.29, 0.717) is 19.4 Å². The predicted octanol–water partition coefficient (Wildman–Crippen LogP) is 1.51. The molecular weight excluding hydrogens is 244 g/mol. The summed E-state index contributed by atoms with van der Waals surface area (Å²) >= 11 is 0. The number of carboxylic acid groups (broad SMARTS) is 1. The molecule has 19 heavy (non-hydrogen) atoms. The van der Waals surface area contributed by atoms with Crippen molar-refractivity contribution in [1.82, 2.24) is 5.32 Å². The predicted molar refractivity (Wildman–Crippen MR) is 73.6 cm³/mol. The van der Waals surface area contributed by atoms with Crippen LogP contribution < -0.4 is 11.1 Å². The van der Waals surface area contributed by atoms with Crippen LogP contribution in [0, 0.1) is 11.3 Å². The molecule has 1 amide bonds. The third-order valence-corrected chi connectivity index (χ3v) is 4.16. The molecule has 1 rings (SSSR count). The first-order chi connectivity index (χ1) is 9.05. The van der Waals surface area contributed by atoms with E-state index in [9.17, 15) is 14.7 Å². The lowest BCUT2D eigenvalue weighted by atomic mass is 9.74. The molecule has 1 unspecified atom stereocenters. The number of nitrogens with two attached hydrogens (primary N) is 1. The molecule has 1 saturated carbocycles. The topological polar surface area (TPSA) is 92.4 Å². The van der Waals surface area contributed by atoms with Gasteiger partial charge in [0, 0.05) is 13.1 Å². The molecule has 0 bridgehead atoms. The maximum atomic E-state index is 12.0. The average molecular weight is 270 g/mol. The van der Waals surface area contributed by atoms with E-state index in [1.165, 1.54) is 0 Å². The first kappa shape index (κ1) is 16.0. The largest absolute Gasteiger partial charge is 0.481 e. The van der Waals surface area contributed by atoms with Gasteiger partial charge in [-0.25, -0.2) is 0 Å². The van der Waals surface area contributed by atoms with Gasteiger partial charge in [0.2, 0.25) is 5.91 Å². The molecule has 4 N–H and O–H groups in total. The van der Waals surface area contributed by atoms with Crippen molar-refractivity contribution in [2.45, 2.75) is 51.9 Å². The maximum absolute atomic E-state index is 12.0. The Balaban J connectivity index is 2.56. The molecule has 0 aliphatic heterocycles. The van der Waals surface area contributed by atoms with E-state index in [4.69, 9.17) is 5.73 Å². The SMILES string of the molecule is CCCC(CN)C(=O)NCC1(C(=O)O)CCCCC1. The second kappa shape index (κ2) is 7.48. The molecule has 0 aromatic heterocycles. The van der Waals surface area contributed by atoms with Crippen LogP contribution in [-0.2, 0) is 9.59 Å². The quantitative estimate of drug-likeness (QED) is 0.654. The van der Waals surface area contributed by atoms with Gasteiger partial charge >= 0.3 is 5.97 Å². The Bertz CT molecular complexity index is 312. The summed E-state index contributed by atoms with van der Waals surface area (Å²) < 4.78 is 0. The lowest BCUT2D eigenvalue weighted by Gasteiger charge is -2.33. The van der Waals surface area contributed by atoms with Crippen LogP contribution in [0.5, 0.6) is 0 Å². The number of carboxylic acids is 1. The van der Waals surface area contributed by atoms with Crippen LogP contribution in [0.1, 0.15) is 51.9 Å². The van der Waals surface area contributed by atoms with Crippen LogP contribution in [0.3, 0.4) is 0 Å². The van der Waals surface area contributed by atoms with Crippen molar-refractivity contribution in [3.05, 3.63) is 0 Å². The van der Waals surface area contributed by atoms with Gasteiger partial charge < -0.3 is 16.2 Å². The maximum Gasteiger partial charge on any atom is 0.311 e. The number of rotatable bonds is 7. The van der Waals surface area contributed by atoms with Crippen molar-refractivity contribution in [3.63, 3.8) is 0 Å². The van der Waals surface area contributed by atoms with Gasteiger partial charge in [-0.1, -0.05) is 32.6 Å². The summed E-state index contributed by atoms with van der Waals surface area (Å²) in [5.41, 5.74) is 4.82. The van der Waals surface area contributed by atoms with Gasteiger partial charge in [-0.05, 0) is 19.3 Å². The normalized spacial score (nSPS) is 19.7. The molecule has 0 saturated heterocycles. The Labute approximate surface area is 114 Å². The van der Waals surface area contributed by atoms with Crippen LogP contribution in [0.4, 0.5) is 0 Å². The fourth-order valence-electron chi connectivity index (χ4n) is 2.80. The summed E-state index contributed by atoms with van der Waals surface area (Å²) in [5.74, 6) is -1.08. The fraction of sp³-hybridized carbons (Fsp3) is 0.857. The molecule has 0 aromatic carbocycles. The van der Waals surface area contributed by atoms with E-state index < -0.39 is 11.4 Å². The lowest BCUT2D eigenvalue weighted by Crippen LogP contribution is -2.46. The number of carbonyl (C=O) groups is 2. The van der Waals surface area contributed by atoms with E-state index >= 15 is 0 Å². The van der Waals surface area contributed by atoms with Crippen molar-refractivity contribution in [3.8, 4) is 0 Å². The summed E-state index contributed by atoms with van der Waals surface area (Å²) in [6, 6.07) is 0. The molecule has 0 radical (unpaired) electrons. The smallest absolute Gasteiger partial charge is 0.311 e. The van der Waals surface area contributed by atoms with Gasteiger partial charge in [-0.15, -0.1) is 0 Å². The molecule has 5 nitrogen and oxygen atoms in total. The molecule has 110 valence electrons. The van der Waals surface area contributed by atoms with E-state index in [-0.39, 0.29) is 18.4 Å². The van der Waals surface area contributed by atoms with E-state index in [1.807, 2.05) is 6.92 Å². The highest BCUT2D eigenvalue weighted by atomic mass is 16.4. The van der Waals surface area contributed by atoms with Crippen LogP contribution in [0.2, 0.25) is 0 Å². The van der Waals surface area contributed by atoms with E-state index in [2.05, 4.69) is 5.32 Å². The Morgan fingerprint density at radius 1 is 1.32 bits per heavy atom. The molecule has 5 heteroatoms. The van der Waals surface area contributed by atoms with Crippen LogP contribution in [0.25, 0.3) is 0 Å². The van der Waals surface area contributed by atoms with Crippen molar-refractivity contribution in [2.75, 3.05) is 13.1 Å². The molecule has 0 aromatic rings. The second-order valence-electron chi connectivity index (χ2n) is 5.59. The number of carbonyl (C=O) groups excluding carboxylic acids is 1. The number of amides is 1. The molecule has 0 spiro atoms. The highest BCUT2D eigenvalue weighted by Crippen LogP contribution is 2.36. The van der Waals surface area contributed by atoms with Gasteiger partial charge in [0.1, 0.15) is 0 Å². The third kappa shape index (κ3) is 4.20. The van der Waals surface area contributed by atoms with Crippen LogP contribution in [-0.4, -0.2) is 30.1 Å². The summed E-state index contributed by atoms with van der Waals surface area (Å²) in [7, 11) is 0. The minimum atomic E-state index is -0.785. The summed E-state index contributed by atoms with van der Waals surface area (Å²) in [6.45, 7) is 2.57. The van der Waals surface area contributed by atoms with Crippen molar-refractivity contribution in [1.29, 1.82) is 0 Å². The summed E-state index contributed by atoms with van der Waals surface area (Å²) in [4.78, 5) is 23.5.